The number of amides is 1. The highest BCUT2D eigenvalue weighted by Crippen LogP contribution is 2.12. The van der Waals surface area contributed by atoms with Crippen molar-refractivity contribution in [2.45, 2.75) is 19.9 Å². The maximum Gasteiger partial charge on any atom is 0.226 e. The lowest BCUT2D eigenvalue weighted by atomic mass is 10.3. The largest absolute Gasteiger partial charge is 0.350 e. The van der Waals surface area contributed by atoms with Crippen LogP contribution in [0.15, 0.2) is 42.3 Å². The molecule has 7 heteroatoms. The molecule has 0 atom stereocenters. The Labute approximate surface area is 136 Å². The predicted octanol–water partition coefficient (Wildman–Crippen LogP) is 2.21. The van der Waals surface area contributed by atoms with Crippen LogP contribution in [0, 0.1) is 6.92 Å². The van der Waals surface area contributed by atoms with Crippen LogP contribution in [0.3, 0.4) is 0 Å². The highest BCUT2D eigenvalue weighted by molar-refractivity contribution is 7.15. The molecule has 1 amide bonds. The van der Waals surface area contributed by atoms with Crippen LogP contribution in [-0.4, -0.2) is 24.7 Å². The number of hydrogen-bond acceptors (Lipinski definition) is 4. The first-order valence-corrected chi connectivity index (χ1v) is 8.18. The summed E-state index contributed by atoms with van der Waals surface area (Å²) in [5.74, 6) is -0.0514. The number of nitrogens with zero attached hydrogens (tertiary/aromatic N) is 4. The van der Waals surface area contributed by atoms with Crippen LogP contribution in [-0.2, 0) is 17.8 Å². The highest BCUT2D eigenvalue weighted by Gasteiger charge is 2.09. The van der Waals surface area contributed by atoms with Crippen molar-refractivity contribution >= 4 is 27.9 Å². The molecular formula is C16H15N5OS. The quantitative estimate of drug-likeness (QED) is 0.626. The maximum absolute atomic E-state index is 12.1. The zero-order chi connectivity index (χ0) is 15.8. The molecule has 4 aromatic heterocycles. The van der Waals surface area contributed by atoms with Crippen molar-refractivity contribution in [1.29, 1.82) is 0 Å². The van der Waals surface area contributed by atoms with Gasteiger partial charge in [-0.3, -0.25) is 9.20 Å². The number of thiazole rings is 1. The van der Waals surface area contributed by atoms with E-state index in [4.69, 9.17) is 0 Å². The number of carbonyl (C=O) groups excluding carboxylic acids is 1. The zero-order valence-corrected chi connectivity index (χ0v) is 13.4. The molecule has 0 spiro atoms. The molecule has 23 heavy (non-hydrogen) atoms. The topological polar surface area (TPSA) is 63.7 Å². The molecule has 4 heterocycles. The van der Waals surface area contributed by atoms with Gasteiger partial charge in [0.2, 0.25) is 5.91 Å². The van der Waals surface area contributed by atoms with Crippen LogP contribution >= 0.6 is 11.3 Å². The lowest BCUT2D eigenvalue weighted by Crippen LogP contribution is -2.24. The average Bonchev–Trinajstić information content (AvgIpc) is 3.19. The van der Waals surface area contributed by atoms with Crippen molar-refractivity contribution in [3.63, 3.8) is 0 Å². The SMILES string of the molecule is Cc1cccn2cc(CNC(=O)Cc3cn4ccsc4n3)nc12. The molecule has 0 fully saturated rings. The van der Waals surface area contributed by atoms with E-state index in [0.717, 1.165) is 27.6 Å². The van der Waals surface area contributed by atoms with Crippen LogP contribution in [0.5, 0.6) is 0 Å². The van der Waals surface area contributed by atoms with E-state index in [1.165, 1.54) is 0 Å². The van der Waals surface area contributed by atoms with E-state index in [0.29, 0.717) is 6.54 Å². The van der Waals surface area contributed by atoms with Crippen LogP contribution in [0.2, 0.25) is 0 Å². The summed E-state index contributed by atoms with van der Waals surface area (Å²) in [7, 11) is 0. The number of imidazole rings is 2. The lowest BCUT2D eigenvalue weighted by molar-refractivity contribution is -0.120. The van der Waals surface area contributed by atoms with Gasteiger partial charge < -0.3 is 9.72 Å². The Balaban J connectivity index is 1.42. The molecule has 0 saturated carbocycles. The third kappa shape index (κ3) is 2.70. The van der Waals surface area contributed by atoms with Crippen molar-refractivity contribution in [3.05, 3.63) is 59.3 Å². The normalized spacial score (nSPS) is 11.3. The fourth-order valence-electron chi connectivity index (χ4n) is 2.57. The predicted molar refractivity (Wildman–Crippen MR) is 88.5 cm³/mol. The molecule has 0 aromatic carbocycles. The first kappa shape index (κ1) is 14.0. The van der Waals surface area contributed by atoms with Gasteiger partial charge in [0.05, 0.1) is 24.4 Å². The van der Waals surface area contributed by atoms with E-state index >= 15 is 0 Å². The Bertz CT molecular complexity index is 968. The third-order valence-corrected chi connectivity index (χ3v) is 4.45. The number of nitrogens with one attached hydrogen (secondary N) is 1. The highest BCUT2D eigenvalue weighted by atomic mass is 32.1. The minimum atomic E-state index is -0.0514. The smallest absolute Gasteiger partial charge is 0.226 e. The summed E-state index contributed by atoms with van der Waals surface area (Å²) in [4.78, 5) is 21.9. The summed E-state index contributed by atoms with van der Waals surface area (Å²) < 4.78 is 3.90. The molecule has 116 valence electrons. The van der Waals surface area contributed by atoms with Gasteiger partial charge in [-0.25, -0.2) is 9.97 Å². The van der Waals surface area contributed by atoms with Gasteiger partial charge >= 0.3 is 0 Å². The van der Waals surface area contributed by atoms with E-state index in [2.05, 4.69) is 15.3 Å². The molecule has 6 nitrogen and oxygen atoms in total. The average molecular weight is 325 g/mol. The number of aryl methyl sites for hydroxylation is 1. The summed E-state index contributed by atoms with van der Waals surface area (Å²) >= 11 is 1.56. The summed E-state index contributed by atoms with van der Waals surface area (Å²) in [6.07, 6.45) is 8.00. The summed E-state index contributed by atoms with van der Waals surface area (Å²) in [6.45, 7) is 2.44. The van der Waals surface area contributed by atoms with Crippen molar-refractivity contribution in [1.82, 2.24) is 24.1 Å². The molecule has 0 radical (unpaired) electrons. The number of pyridine rings is 1. The van der Waals surface area contributed by atoms with E-state index in [1.54, 1.807) is 11.3 Å². The Hall–Kier alpha value is -2.67. The summed E-state index contributed by atoms with van der Waals surface area (Å²) in [5, 5.41) is 4.87. The standard InChI is InChI=1S/C16H15N5OS/c1-11-3-2-4-20-10-13(18-15(11)20)8-17-14(22)7-12-9-21-5-6-23-16(21)19-12/h2-6,9-10H,7-8H2,1H3,(H,17,22). The fraction of sp³-hybridized carbons (Fsp3) is 0.188. The zero-order valence-electron chi connectivity index (χ0n) is 12.6. The number of fused-ring (bicyclic) bond motifs is 2. The van der Waals surface area contributed by atoms with Crippen LogP contribution < -0.4 is 5.32 Å². The molecule has 0 aliphatic heterocycles. The number of rotatable bonds is 4. The van der Waals surface area contributed by atoms with Crippen LogP contribution in [0.1, 0.15) is 17.0 Å². The second-order valence-electron chi connectivity index (χ2n) is 5.43. The molecule has 0 saturated heterocycles. The molecule has 0 bridgehead atoms. The fourth-order valence-corrected chi connectivity index (χ4v) is 3.29. The second-order valence-corrected chi connectivity index (χ2v) is 6.31. The number of aromatic nitrogens is 4. The van der Waals surface area contributed by atoms with E-state index in [-0.39, 0.29) is 12.3 Å². The Kier molecular flexibility index (Phi) is 3.34. The minimum Gasteiger partial charge on any atom is -0.350 e. The molecule has 4 rings (SSSR count). The van der Waals surface area contributed by atoms with E-state index < -0.39 is 0 Å². The molecule has 0 aliphatic rings. The molecule has 0 aliphatic carbocycles. The summed E-state index contributed by atoms with van der Waals surface area (Å²) in [6, 6.07) is 4.01. The van der Waals surface area contributed by atoms with Gasteiger partial charge in [0.1, 0.15) is 5.65 Å². The van der Waals surface area contributed by atoms with Gasteiger partial charge in [0, 0.05) is 30.2 Å². The van der Waals surface area contributed by atoms with Crippen molar-refractivity contribution in [2.24, 2.45) is 0 Å². The van der Waals surface area contributed by atoms with Crippen molar-refractivity contribution in [3.8, 4) is 0 Å². The van der Waals surface area contributed by atoms with Crippen molar-refractivity contribution < 1.29 is 4.79 Å². The van der Waals surface area contributed by atoms with E-state index in [9.17, 15) is 4.79 Å². The lowest BCUT2D eigenvalue weighted by Gasteiger charge is -2.00. The molecule has 1 N–H and O–H groups in total. The van der Waals surface area contributed by atoms with Gasteiger partial charge in [-0.1, -0.05) is 6.07 Å². The van der Waals surface area contributed by atoms with Gasteiger partial charge in [-0.15, -0.1) is 11.3 Å². The molecule has 0 unspecified atom stereocenters. The number of hydrogen-bond donors (Lipinski definition) is 1. The first-order chi connectivity index (χ1) is 11.2. The third-order valence-electron chi connectivity index (χ3n) is 3.68. The minimum absolute atomic E-state index is 0.0514. The van der Waals surface area contributed by atoms with Crippen molar-refractivity contribution in [2.75, 3.05) is 0 Å². The Morgan fingerprint density at radius 2 is 2.09 bits per heavy atom. The number of carbonyl (C=O) groups is 1. The van der Waals surface area contributed by atoms with Gasteiger partial charge in [-0.2, -0.15) is 0 Å². The van der Waals surface area contributed by atoms with Gasteiger partial charge in [0.15, 0.2) is 4.96 Å². The molecule has 4 aromatic rings. The van der Waals surface area contributed by atoms with Crippen LogP contribution in [0.25, 0.3) is 10.6 Å². The Morgan fingerprint density at radius 1 is 1.22 bits per heavy atom. The second kappa shape index (κ2) is 5.51. The van der Waals surface area contributed by atoms with Gasteiger partial charge in [-0.05, 0) is 18.6 Å². The van der Waals surface area contributed by atoms with Crippen LogP contribution in [0.4, 0.5) is 0 Å². The maximum atomic E-state index is 12.1. The monoisotopic (exact) mass is 325 g/mol. The van der Waals surface area contributed by atoms with E-state index in [1.807, 2.05) is 58.0 Å². The Morgan fingerprint density at radius 3 is 2.91 bits per heavy atom. The first-order valence-electron chi connectivity index (χ1n) is 7.30. The molecular weight excluding hydrogens is 310 g/mol. The van der Waals surface area contributed by atoms with Gasteiger partial charge in [0.25, 0.3) is 0 Å². The summed E-state index contributed by atoms with van der Waals surface area (Å²) in [5.41, 5.74) is 3.66.